The average Bonchev–Trinajstić information content (AvgIpc) is 3.42. The first-order chi connectivity index (χ1) is 37.5. The SMILES string of the molecule is CC/C=C\C/C=C\C/C=C\C/C=C\C/C=C\CCCCCCCC(=O)OC(COC(=O)CCCCCCC/C=C\CCCCCCC)COC(=O)CCCCCCCCCCCC/C=C\C/C=C\C/C=C\C/C=C\CC. The summed E-state index contributed by atoms with van der Waals surface area (Å²) in [5.74, 6) is -0.920. The van der Waals surface area contributed by atoms with E-state index in [1.807, 2.05) is 0 Å². The van der Waals surface area contributed by atoms with Gasteiger partial charge in [-0.05, 0) is 128 Å². The maximum absolute atomic E-state index is 12.9. The molecule has 0 aliphatic carbocycles. The molecule has 0 aliphatic heterocycles. The summed E-state index contributed by atoms with van der Waals surface area (Å²) < 4.78 is 16.9. The zero-order valence-electron chi connectivity index (χ0n) is 49.5. The monoisotopic (exact) mass is 1050 g/mol. The second-order valence-corrected chi connectivity index (χ2v) is 20.5. The number of ether oxygens (including phenoxy) is 3. The second kappa shape index (κ2) is 63.3. The molecule has 0 rings (SSSR count). The van der Waals surface area contributed by atoms with Gasteiger partial charge < -0.3 is 14.2 Å². The van der Waals surface area contributed by atoms with E-state index in [1.54, 1.807) is 0 Å². The van der Waals surface area contributed by atoms with Crippen LogP contribution in [-0.2, 0) is 28.6 Å². The number of carbonyl (C=O) groups is 3. The number of hydrogen-bond donors (Lipinski definition) is 0. The van der Waals surface area contributed by atoms with E-state index >= 15 is 0 Å². The number of allylic oxidation sites excluding steroid dienone is 20. The Balaban J connectivity index is 4.42. The van der Waals surface area contributed by atoms with E-state index in [9.17, 15) is 14.4 Å². The Morgan fingerprint density at radius 1 is 0.276 bits per heavy atom. The molecule has 1 atom stereocenters. The highest BCUT2D eigenvalue weighted by Crippen LogP contribution is 2.15. The van der Waals surface area contributed by atoms with Gasteiger partial charge in [-0.15, -0.1) is 0 Å². The Labute approximate surface area is 469 Å². The van der Waals surface area contributed by atoms with Crippen molar-refractivity contribution in [3.05, 3.63) is 122 Å². The molecular formula is C70H116O6. The third kappa shape index (κ3) is 60.7. The van der Waals surface area contributed by atoms with Crippen molar-refractivity contribution in [1.29, 1.82) is 0 Å². The summed E-state index contributed by atoms with van der Waals surface area (Å²) in [6.07, 6.45) is 87.6. The third-order valence-electron chi connectivity index (χ3n) is 13.2. The van der Waals surface area contributed by atoms with Crippen LogP contribution >= 0.6 is 0 Å². The molecule has 0 bridgehead atoms. The lowest BCUT2D eigenvalue weighted by atomic mass is 10.1. The van der Waals surface area contributed by atoms with Crippen LogP contribution < -0.4 is 0 Å². The molecule has 76 heavy (non-hydrogen) atoms. The van der Waals surface area contributed by atoms with Crippen LogP contribution in [0.2, 0.25) is 0 Å². The van der Waals surface area contributed by atoms with Gasteiger partial charge in [-0.3, -0.25) is 14.4 Å². The lowest BCUT2D eigenvalue weighted by molar-refractivity contribution is -0.167. The summed E-state index contributed by atoms with van der Waals surface area (Å²) in [5, 5.41) is 0. The summed E-state index contributed by atoms with van der Waals surface area (Å²) >= 11 is 0. The first-order valence-electron chi connectivity index (χ1n) is 31.5. The maximum Gasteiger partial charge on any atom is 0.306 e. The number of esters is 3. The van der Waals surface area contributed by atoms with Gasteiger partial charge in [0.25, 0.3) is 0 Å². The first-order valence-corrected chi connectivity index (χ1v) is 31.5. The Kier molecular flexibility index (Phi) is 59.9. The van der Waals surface area contributed by atoms with Crippen molar-refractivity contribution in [3.63, 3.8) is 0 Å². The standard InChI is InChI=1S/C70H116O6/c1-4-7-10-13-16-19-22-25-28-30-32-34-35-37-38-40-42-45-48-51-54-57-60-63-69(72)75-66-67(65-74-68(71)62-59-56-53-50-47-44-27-24-21-18-15-12-9-6-3)76-70(73)64-61-58-55-52-49-46-43-41-39-36-33-31-29-26-23-20-17-14-11-8-5-2/h7-8,10-11,16-17,19-20,24-29,32-34,36,41,43,67H,4-6,9,12-15,18,21-23,30-31,35,37-40,42,44-66H2,1-3H3/b10-7-,11-8-,19-16-,20-17-,27-24-,28-25-,29-26-,34-32-,36-33-,43-41-. The maximum atomic E-state index is 12.9. The van der Waals surface area contributed by atoms with E-state index in [0.29, 0.717) is 19.3 Å². The van der Waals surface area contributed by atoms with Crippen LogP contribution in [0.15, 0.2) is 122 Å². The highest BCUT2D eigenvalue weighted by Gasteiger charge is 2.19. The minimum absolute atomic E-state index is 0.0929. The molecule has 432 valence electrons. The topological polar surface area (TPSA) is 78.9 Å². The van der Waals surface area contributed by atoms with Crippen molar-refractivity contribution in [3.8, 4) is 0 Å². The van der Waals surface area contributed by atoms with Crippen LogP contribution in [0, 0.1) is 0 Å². The lowest BCUT2D eigenvalue weighted by Crippen LogP contribution is -2.30. The van der Waals surface area contributed by atoms with E-state index in [-0.39, 0.29) is 31.1 Å². The van der Waals surface area contributed by atoms with Gasteiger partial charge in [0.05, 0.1) is 0 Å². The molecular weight excluding hydrogens is 937 g/mol. The Bertz CT molecular complexity index is 1590. The molecule has 0 radical (unpaired) electrons. The number of hydrogen-bond acceptors (Lipinski definition) is 6. The van der Waals surface area contributed by atoms with E-state index in [1.165, 1.54) is 103 Å². The summed E-state index contributed by atoms with van der Waals surface area (Å²) in [5.41, 5.74) is 0. The van der Waals surface area contributed by atoms with Gasteiger partial charge in [-0.2, -0.15) is 0 Å². The van der Waals surface area contributed by atoms with Gasteiger partial charge in [0.2, 0.25) is 0 Å². The number of unbranched alkanes of at least 4 members (excludes halogenated alkanes) is 25. The van der Waals surface area contributed by atoms with Gasteiger partial charge in [0, 0.05) is 19.3 Å². The van der Waals surface area contributed by atoms with Crippen molar-refractivity contribution in [2.24, 2.45) is 0 Å². The van der Waals surface area contributed by atoms with E-state index in [4.69, 9.17) is 14.2 Å². The first kappa shape index (κ1) is 71.8. The minimum Gasteiger partial charge on any atom is -0.462 e. The van der Waals surface area contributed by atoms with E-state index < -0.39 is 6.10 Å². The fraction of sp³-hybridized carbons (Fsp3) is 0.671. The van der Waals surface area contributed by atoms with Crippen LogP contribution in [-0.4, -0.2) is 37.2 Å². The minimum atomic E-state index is -0.798. The second-order valence-electron chi connectivity index (χ2n) is 20.5. The zero-order chi connectivity index (χ0) is 55.0. The van der Waals surface area contributed by atoms with Crippen molar-refractivity contribution < 1.29 is 28.6 Å². The molecule has 0 heterocycles. The van der Waals surface area contributed by atoms with Crippen LogP contribution in [0.5, 0.6) is 0 Å². The molecule has 0 aromatic heterocycles. The number of carbonyl (C=O) groups excluding carboxylic acids is 3. The zero-order valence-corrected chi connectivity index (χ0v) is 49.5. The highest BCUT2D eigenvalue weighted by atomic mass is 16.6. The predicted octanol–water partition coefficient (Wildman–Crippen LogP) is 21.6. The van der Waals surface area contributed by atoms with Gasteiger partial charge in [-0.1, -0.05) is 258 Å². The molecule has 1 unspecified atom stereocenters. The number of rotatable bonds is 56. The molecule has 0 saturated heterocycles. The summed E-state index contributed by atoms with van der Waals surface area (Å²) in [7, 11) is 0. The Morgan fingerprint density at radius 2 is 0.513 bits per heavy atom. The molecule has 0 N–H and O–H groups in total. The van der Waals surface area contributed by atoms with Gasteiger partial charge in [0.1, 0.15) is 13.2 Å². The summed E-state index contributed by atoms with van der Waals surface area (Å²) in [6, 6.07) is 0. The van der Waals surface area contributed by atoms with Gasteiger partial charge >= 0.3 is 17.9 Å². The fourth-order valence-electron chi connectivity index (χ4n) is 8.51. The van der Waals surface area contributed by atoms with Crippen molar-refractivity contribution in [2.75, 3.05) is 13.2 Å². The van der Waals surface area contributed by atoms with Gasteiger partial charge in [0.15, 0.2) is 6.10 Å². The average molecular weight is 1050 g/mol. The van der Waals surface area contributed by atoms with Crippen LogP contribution in [0.1, 0.15) is 284 Å². The Hall–Kier alpha value is -4.19. The summed E-state index contributed by atoms with van der Waals surface area (Å²) in [6.45, 7) is 6.39. The molecule has 0 aromatic carbocycles. The van der Waals surface area contributed by atoms with Crippen LogP contribution in [0.3, 0.4) is 0 Å². The molecule has 0 aliphatic rings. The van der Waals surface area contributed by atoms with Crippen molar-refractivity contribution >= 4 is 17.9 Å². The van der Waals surface area contributed by atoms with Gasteiger partial charge in [-0.25, -0.2) is 0 Å². The van der Waals surface area contributed by atoms with Crippen molar-refractivity contribution in [2.45, 2.75) is 290 Å². The predicted molar refractivity (Wildman–Crippen MR) is 330 cm³/mol. The Morgan fingerprint density at radius 3 is 0.816 bits per heavy atom. The highest BCUT2D eigenvalue weighted by molar-refractivity contribution is 5.71. The molecule has 0 aromatic rings. The van der Waals surface area contributed by atoms with E-state index in [2.05, 4.69) is 142 Å². The largest absolute Gasteiger partial charge is 0.462 e. The molecule has 0 fully saturated rings. The molecule has 6 heteroatoms. The fourth-order valence-corrected chi connectivity index (χ4v) is 8.51. The molecule has 0 amide bonds. The summed E-state index contributed by atoms with van der Waals surface area (Å²) in [4.78, 5) is 38.3. The molecule has 6 nitrogen and oxygen atoms in total. The van der Waals surface area contributed by atoms with Crippen LogP contribution in [0.25, 0.3) is 0 Å². The molecule has 0 saturated carbocycles. The smallest absolute Gasteiger partial charge is 0.306 e. The quantitative estimate of drug-likeness (QED) is 0.0261. The third-order valence-corrected chi connectivity index (χ3v) is 13.2. The van der Waals surface area contributed by atoms with Crippen molar-refractivity contribution in [1.82, 2.24) is 0 Å². The molecule has 0 spiro atoms. The van der Waals surface area contributed by atoms with Crippen LogP contribution in [0.4, 0.5) is 0 Å². The lowest BCUT2D eigenvalue weighted by Gasteiger charge is -2.18. The van der Waals surface area contributed by atoms with E-state index in [0.717, 1.165) is 141 Å². The normalized spacial score (nSPS) is 12.9.